The first-order valence-electron chi connectivity index (χ1n) is 13.3. The number of aryl methyl sites for hydroxylation is 2. The summed E-state index contributed by atoms with van der Waals surface area (Å²) >= 11 is 0. The Hall–Kier alpha value is -3.58. The number of carbonyl (C=O) groups is 1. The molecule has 1 aliphatic carbocycles. The number of fused-ring (bicyclic) bond motifs is 1. The summed E-state index contributed by atoms with van der Waals surface area (Å²) in [7, 11) is 1.68. The van der Waals surface area contributed by atoms with E-state index < -0.39 is 0 Å². The maximum Gasteiger partial charge on any atom is 0.250 e. The number of ether oxygens (including phenoxy) is 2. The van der Waals surface area contributed by atoms with Gasteiger partial charge in [0.25, 0.3) is 0 Å². The molecule has 0 N–H and O–H groups in total. The van der Waals surface area contributed by atoms with Crippen molar-refractivity contribution in [2.75, 3.05) is 44.9 Å². The minimum absolute atomic E-state index is 0.159. The zero-order chi connectivity index (χ0) is 25.4. The van der Waals surface area contributed by atoms with Crippen molar-refractivity contribution in [2.24, 2.45) is 0 Å². The molecule has 2 aliphatic heterocycles. The van der Waals surface area contributed by atoms with Gasteiger partial charge in [0, 0.05) is 37.1 Å². The largest absolute Gasteiger partial charge is 0.495 e. The molecule has 7 heteroatoms. The Morgan fingerprint density at radius 2 is 1.95 bits per heavy atom. The lowest BCUT2D eigenvalue weighted by atomic mass is 9.97. The van der Waals surface area contributed by atoms with Gasteiger partial charge in [-0.2, -0.15) is 0 Å². The van der Waals surface area contributed by atoms with Crippen LogP contribution in [0.2, 0.25) is 0 Å². The molecule has 0 unspecified atom stereocenters. The maximum atomic E-state index is 13.7. The normalized spacial score (nSPS) is 21.0. The van der Waals surface area contributed by atoms with Crippen molar-refractivity contribution in [1.82, 2.24) is 14.5 Å². The number of amides is 1. The predicted octanol–water partition coefficient (Wildman–Crippen LogP) is 4.72. The Kier molecular flexibility index (Phi) is 6.47. The maximum absolute atomic E-state index is 13.7. The number of imidazole rings is 1. The van der Waals surface area contributed by atoms with Gasteiger partial charge in [0.1, 0.15) is 5.75 Å². The van der Waals surface area contributed by atoms with Crippen molar-refractivity contribution in [1.29, 1.82) is 0 Å². The Bertz CT molecular complexity index is 1340. The van der Waals surface area contributed by atoms with Crippen molar-refractivity contribution in [3.05, 3.63) is 76.9 Å². The summed E-state index contributed by atoms with van der Waals surface area (Å²) < 4.78 is 13.1. The van der Waals surface area contributed by atoms with Gasteiger partial charge in [-0.05, 0) is 79.6 Å². The van der Waals surface area contributed by atoms with E-state index in [4.69, 9.17) is 9.47 Å². The first-order valence-corrected chi connectivity index (χ1v) is 13.3. The van der Waals surface area contributed by atoms with Crippen molar-refractivity contribution >= 4 is 17.7 Å². The van der Waals surface area contributed by atoms with Gasteiger partial charge in [0.2, 0.25) is 5.91 Å². The van der Waals surface area contributed by atoms with E-state index in [1.54, 1.807) is 13.4 Å². The van der Waals surface area contributed by atoms with Crippen LogP contribution >= 0.6 is 0 Å². The van der Waals surface area contributed by atoms with Gasteiger partial charge in [-0.3, -0.25) is 4.79 Å². The first kappa shape index (κ1) is 23.8. The van der Waals surface area contributed by atoms with Crippen LogP contribution in [0.25, 0.3) is 11.8 Å². The molecule has 37 heavy (non-hydrogen) atoms. The summed E-state index contributed by atoms with van der Waals surface area (Å²) in [5.74, 6) is 0.919. The zero-order valence-corrected chi connectivity index (χ0v) is 21.7. The number of benzene rings is 2. The van der Waals surface area contributed by atoms with Gasteiger partial charge >= 0.3 is 0 Å². The molecule has 1 atom stereocenters. The van der Waals surface area contributed by atoms with E-state index in [1.807, 2.05) is 42.0 Å². The number of piperidine rings is 1. The molecule has 3 heterocycles. The fourth-order valence-electron chi connectivity index (χ4n) is 5.94. The molecule has 2 aromatic carbocycles. The third kappa shape index (κ3) is 4.64. The minimum Gasteiger partial charge on any atom is -0.495 e. The standard InChI is InChI=1S/C30H34N4O3/c1-21-19-33(20-31-21)28-9-5-22(17-29(28)36-2)16-24-4-3-11-34(30(24)35)27-10-6-23-18-25(7-8-26(23)27)32-12-14-37-15-13-32/h5,7-9,16-20,27H,3-4,6,10-15H2,1-2H3/b24-16+/t27-/m0/s1. The second-order valence-electron chi connectivity index (χ2n) is 10.2. The van der Waals surface area contributed by atoms with Crippen molar-refractivity contribution in [3.8, 4) is 11.4 Å². The average Bonchev–Trinajstić information content (AvgIpc) is 3.56. The van der Waals surface area contributed by atoms with E-state index in [0.29, 0.717) is 0 Å². The summed E-state index contributed by atoms with van der Waals surface area (Å²) in [4.78, 5) is 22.5. The van der Waals surface area contributed by atoms with Crippen LogP contribution in [0.1, 0.15) is 47.7 Å². The highest BCUT2D eigenvalue weighted by atomic mass is 16.5. The van der Waals surface area contributed by atoms with Gasteiger partial charge in [0.05, 0.1) is 44.1 Å². The number of morpholine rings is 1. The Morgan fingerprint density at radius 1 is 1.08 bits per heavy atom. The Balaban J connectivity index is 1.22. The van der Waals surface area contributed by atoms with Gasteiger partial charge < -0.3 is 23.8 Å². The highest BCUT2D eigenvalue weighted by Crippen LogP contribution is 2.40. The molecule has 0 saturated carbocycles. The molecule has 0 bridgehead atoms. The molecular weight excluding hydrogens is 464 g/mol. The van der Waals surface area contributed by atoms with Crippen LogP contribution in [-0.2, 0) is 16.0 Å². The Morgan fingerprint density at radius 3 is 2.73 bits per heavy atom. The van der Waals surface area contributed by atoms with E-state index in [-0.39, 0.29) is 11.9 Å². The van der Waals surface area contributed by atoms with E-state index in [2.05, 4.69) is 33.0 Å². The molecule has 2 saturated heterocycles. The molecular formula is C30H34N4O3. The minimum atomic E-state index is 0.159. The van der Waals surface area contributed by atoms with Crippen LogP contribution in [0, 0.1) is 6.92 Å². The molecule has 192 valence electrons. The van der Waals surface area contributed by atoms with E-state index >= 15 is 0 Å². The number of likely N-dealkylation sites (tertiary alicyclic amines) is 1. The quantitative estimate of drug-likeness (QED) is 0.477. The topological polar surface area (TPSA) is 59.8 Å². The molecule has 1 aromatic heterocycles. The SMILES string of the molecule is COc1cc(/C=C2\CCCN([C@H]3CCc4cc(N5CCOCC5)ccc43)C2=O)ccc1-n1cnc(C)c1. The summed E-state index contributed by atoms with van der Waals surface area (Å²) in [6.45, 7) is 6.23. The number of anilines is 1. The monoisotopic (exact) mass is 498 g/mol. The van der Waals surface area contributed by atoms with Gasteiger partial charge in [-0.15, -0.1) is 0 Å². The highest BCUT2D eigenvalue weighted by molar-refractivity contribution is 5.99. The van der Waals surface area contributed by atoms with Crippen molar-refractivity contribution < 1.29 is 14.3 Å². The molecule has 6 rings (SSSR count). The molecule has 7 nitrogen and oxygen atoms in total. The lowest BCUT2D eigenvalue weighted by Crippen LogP contribution is -2.39. The molecule has 0 spiro atoms. The number of hydrogen-bond acceptors (Lipinski definition) is 5. The number of methoxy groups -OCH3 is 1. The highest BCUT2D eigenvalue weighted by Gasteiger charge is 2.34. The summed E-state index contributed by atoms with van der Waals surface area (Å²) in [5.41, 5.74) is 7.70. The van der Waals surface area contributed by atoms with Gasteiger partial charge in [0.15, 0.2) is 0 Å². The molecule has 2 fully saturated rings. The van der Waals surface area contributed by atoms with E-state index in [9.17, 15) is 4.79 Å². The number of aromatic nitrogens is 2. The Labute approximate surface area is 218 Å². The predicted molar refractivity (Wildman–Crippen MR) is 144 cm³/mol. The number of hydrogen-bond donors (Lipinski definition) is 0. The molecule has 1 amide bonds. The van der Waals surface area contributed by atoms with E-state index in [0.717, 1.165) is 86.8 Å². The van der Waals surface area contributed by atoms with Crippen LogP contribution in [0.4, 0.5) is 5.69 Å². The lowest BCUT2D eigenvalue weighted by molar-refractivity contribution is -0.131. The average molecular weight is 499 g/mol. The molecule has 0 radical (unpaired) electrons. The van der Waals surface area contributed by atoms with Crippen LogP contribution in [0.3, 0.4) is 0 Å². The van der Waals surface area contributed by atoms with Crippen molar-refractivity contribution in [2.45, 2.75) is 38.6 Å². The number of nitrogens with zero attached hydrogens (tertiary/aromatic N) is 4. The third-order valence-corrected chi connectivity index (χ3v) is 7.84. The first-order chi connectivity index (χ1) is 18.1. The summed E-state index contributed by atoms with van der Waals surface area (Å²) in [6.07, 6.45) is 9.60. The van der Waals surface area contributed by atoms with Crippen LogP contribution in [0.5, 0.6) is 5.75 Å². The van der Waals surface area contributed by atoms with Crippen molar-refractivity contribution in [3.63, 3.8) is 0 Å². The van der Waals surface area contributed by atoms with Crippen LogP contribution in [0.15, 0.2) is 54.5 Å². The second-order valence-corrected chi connectivity index (χ2v) is 10.2. The zero-order valence-electron chi connectivity index (χ0n) is 21.7. The third-order valence-electron chi connectivity index (χ3n) is 7.84. The van der Waals surface area contributed by atoms with E-state index in [1.165, 1.54) is 16.8 Å². The van der Waals surface area contributed by atoms with Crippen LogP contribution < -0.4 is 9.64 Å². The molecule has 3 aromatic rings. The smallest absolute Gasteiger partial charge is 0.250 e. The molecule has 3 aliphatic rings. The fourth-order valence-corrected chi connectivity index (χ4v) is 5.94. The van der Waals surface area contributed by atoms with Gasteiger partial charge in [-0.25, -0.2) is 4.98 Å². The lowest BCUT2D eigenvalue weighted by Gasteiger charge is -2.34. The van der Waals surface area contributed by atoms with Crippen LogP contribution in [-0.4, -0.2) is 60.3 Å². The summed E-state index contributed by atoms with van der Waals surface area (Å²) in [6, 6.07) is 13.0. The number of rotatable bonds is 5. The fraction of sp³-hybridized carbons (Fsp3) is 0.400. The summed E-state index contributed by atoms with van der Waals surface area (Å²) in [5, 5.41) is 0. The second kappa shape index (κ2) is 10.1. The number of carbonyl (C=O) groups excluding carboxylic acids is 1. The van der Waals surface area contributed by atoms with Gasteiger partial charge in [-0.1, -0.05) is 12.1 Å².